The molecule has 0 atom stereocenters. The first kappa shape index (κ1) is 27.6. The zero-order valence-corrected chi connectivity index (χ0v) is 22.8. The minimum absolute atomic E-state index is 0.0898. The first-order valence-corrected chi connectivity index (χ1v) is 12.8. The molecule has 1 N–H and O–H groups in total. The van der Waals surface area contributed by atoms with E-state index in [1.54, 1.807) is 18.2 Å². The second kappa shape index (κ2) is 12.0. The Hall–Kier alpha value is -4.39. The van der Waals surface area contributed by atoms with Gasteiger partial charge in [0, 0.05) is 12.1 Å². The first-order valence-electron chi connectivity index (χ1n) is 12.8. The van der Waals surface area contributed by atoms with Crippen LogP contribution in [0.3, 0.4) is 0 Å². The number of carbonyl (C=O) groups excluding carboxylic acids is 2. The molecule has 39 heavy (non-hydrogen) atoms. The molecule has 0 aromatic heterocycles. The van der Waals surface area contributed by atoms with Crippen LogP contribution in [0.2, 0.25) is 0 Å². The minimum atomic E-state index is -0.376. The van der Waals surface area contributed by atoms with Crippen LogP contribution in [0, 0.1) is 12.7 Å². The Morgan fingerprint density at radius 3 is 2.31 bits per heavy atom. The number of ether oxygens (including phenoxy) is 3. The quantitative estimate of drug-likeness (QED) is 0.234. The Bertz CT molecular complexity index is 1460. The van der Waals surface area contributed by atoms with Crippen LogP contribution < -0.4 is 19.5 Å². The summed E-state index contributed by atoms with van der Waals surface area (Å²) in [5.41, 5.74) is 6.46. The predicted octanol–water partition coefficient (Wildman–Crippen LogP) is 7.21. The van der Waals surface area contributed by atoms with Gasteiger partial charge in [0.1, 0.15) is 5.82 Å². The molecule has 0 fully saturated rings. The van der Waals surface area contributed by atoms with Crippen molar-refractivity contribution < 1.29 is 28.2 Å². The average molecular weight is 530 g/mol. The van der Waals surface area contributed by atoms with E-state index in [4.69, 9.17) is 14.2 Å². The number of allylic oxidation sites excluding steroid dienone is 2. The molecule has 7 heteroatoms. The fraction of sp³-hybridized carbons (Fsp3) is 0.250. The molecule has 6 nitrogen and oxygen atoms in total. The largest absolute Gasteiger partial charge is 0.493 e. The molecule has 3 aromatic carbocycles. The number of hydrogen-bond donors (Lipinski definition) is 1. The van der Waals surface area contributed by atoms with Crippen LogP contribution in [0.4, 0.5) is 10.1 Å². The molecule has 3 aromatic rings. The Kier molecular flexibility index (Phi) is 8.49. The highest BCUT2D eigenvalue weighted by Crippen LogP contribution is 2.45. The third kappa shape index (κ3) is 6.20. The van der Waals surface area contributed by atoms with Crippen molar-refractivity contribution in [2.75, 3.05) is 19.5 Å². The number of anilines is 1. The summed E-state index contributed by atoms with van der Waals surface area (Å²) < 4.78 is 30.9. The molecule has 0 saturated heterocycles. The smallest absolute Gasteiger partial charge is 0.311 e. The molecular formula is C32H32FNO5. The highest BCUT2D eigenvalue weighted by atomic mass is 19.1. The SMILES string of the molecule is CCCC(=O)Oc1c(OC)cc(/C=C2/C(C)=C(CC(=O)Nc3cccc(C)c3)c3cc(F)ccc32)cc1OC. The Balaban J connectivity index is 1.72. The Morgan fingerprint density at radius 2 is 1.67 bits per heavy atom. The highest BCUT2D eigenvalue weighted by Gasteiger charge is 2.26. The number of rotatable bonds is 9. The summed E-state index contributed by atoms with van der Waals surface area (Å²) in [5, 5.41) is 2.94. The third-order valence-electron chi connectivity index (χ3n) is 6.56. The van der Waals surface area contributed by atoms with Gasteiger partial charge in [-0.1, -0.05) is 25.1 Å². The molecule has 1 aliphatic carbocycles. The number of nitrogens with one attached hydrogen (secondary N) is 1. The maximum absolute atomic E-state index is 14.3. The lowest BCUT2D eigenvalue weighted by Gasteiger charge is -2.14. The number of carbonyl (C=O) groups is 2. The number of hydrogen-bond acceptors (Lipinski definition) is 5. The zero-order valence-electron chi connectivity index (χ0n) is 22.8. The fourth-order valence-corrected chi connectivity index (χ4v) is 4.69. The Labute approximate surface area is 228 Å². The van der Waals surface area contributed by atoms with E-state index < -0.39 is 0 Å². The molecule has 1 amide bonds. The lowest BCUT2D eigenvalue weighted by Crippen LogP contribution is -2.12. The van der Waals surface area contributed by atoms with Gasteiger partial charge in [-0.2, -0.15) is 0 Å². The molecule has 0 heterocycles. The number of esters is 1. The number of fused-ring (bicyclic) bond motifs is 1. The number of halogens is 1. The topological polar surface area (TPSA) is 73.9 Å². The molecule has 202 valence electrons. The van der Waals surface area contributed by atoms with Crippen LogP contribution in [-0.2, 0) is 9.59 Å². The van der Waals surface area contributed by atoms with Gasteiger partial charge >= 0.3 is 5.97 Å². The molecule has 0 spiro atoms. The lowest BCUT2D eigenvalue weighted by molar-refractivity contribution is -0.134. The summed E-state index contributed by atoms with van der Waals surface area (Å²) in [7, 11) is 2.99. The standard InChI is InChI=1S/C32H32FNO5/c1-6-8-31(36)39-32-28(37-4)15-21(16-29(32)38-5)14-25-20(3)26(27-17-22(33)11-12-24(25)27)18-30(35)34-23-10-7-9-19(2)13-23/h7,9-17H,6,8,18H2,1-5H3,(H,34,35)/b25-14-. The van der Waals surface area contributed by atoms with Crippen molar-refractivity contribution in [2.45, 2.75) is 40.0 Å². The number of aryl methyl sites for hydroxylation is 1. The summed E-state index contributed by atoms with van der Waals surface area (Å²) in [4.78, 5) is 25.2. The summed E-state index contributed by atoms with van der Waals surface area (Å²) in [5.74, 6) is -0.0201. The minimum Gasteiger partial charge on any atom is -0.493 e. The van der Waals surface area contributed by atoms with E-state index in [0.29, 0.717) is 29.2 Å². The predicted molar refractivity (Wildman–Crippen MR) is 151 cm³/mol. The number of amides is 1. The maximum atomic E-state index is 14.3. The van der Waals surface area contributed by atoms with Crippen molar-refractivity contribution in [2.24, 2.45) is 0 Å². The van der Waals surface area contributed by atoms with Gasteiger partial charge in [0.15, 0.2) is 11.5 Å². The van der Waals surface area contributed by atoms with E-state index in [1.807, 2.05) is 51.1 Å². The van der Waals surface area contributed by atoms with Crippen LogP contribution in [-0.4, -0.2) is 26.1 Å². The molecule has 0 bridgehead atoms. The van der Waals surface area contributed by atoms with Gasteiger partial charge < -0.3 is 19.5 Å². The molecular weight excluding hydrogens is 497 g/mol. The van der Waals surface area contributed by atoms with Gasteiger partial charge in [0.25, 0.3) is 0 Å². The molecule has 0 radical (unpaired) electrons. The summed E-state index contributed by atoms with van der Waals surface area (Å²) >= 11 is 0. The number of benzene rings is 3. The van der Waals surface area contributed by atoms with Crippen molar-refractivity contribution in [1.82, 2.24) is 0 Å². The first-order chi connectivity index (χ1) is 18.7. The lowest BCUT2D eigenvalue weighted by atomic mass is 10.00. The van der Waals surface area contributed by atoms with Gasteiger partial charge in [-0.3, -0.25) is 9.59 Å². The van der Waals surface area contributed by atoms with Crippen molar-refractivity contribution in [3.63, 3.8) is 0 Å². The monoisotopic (exact) mass is 529 g/mol. The van der Waals surface area contributed by atoms with E-state index in [9.17, 15) is 14.0 Å². The molecule has 1 aliphatic rings. The van der Waals surface area contributed by atoms with E-state index in [-0.39, 0.29) is 36.3 Å². The fourth-order valence-electron chi connectivity index (χ4n) is 4.69. The molecule has 0 unspecified atom stereocenters. The summed E-state index contributed by atoms with van der Waals surface area (Å²) in [6.45, 7) is 5.78. The van der Waals surface area contributed by atoms with E-state index >= 15 is 0 Å². The van der Waals surface area contributed by atoms with Crippen LogP contribution >= 0.6 is 0 Å². The molecule has 4 rings (SSSR count). The van der Waals surface area contributed by atoms with Crippen LogP contribution in [0.15, 0.2) is 60.2 Å². The van der Waals surface area contributed by atoms with Gasteiger partial charge in [0.2, 0.25) is 11.7 Å². The highest BCUT2D eigenvalue weighted by molar-refractivity contribution is 6.10. The van der Waals surface area contributed by atoms with Gasteiger partial charge in [-0.25, -0.2) is 4.39 Å². The van der Waals surface area contributed by atoms with Crippen molar-refractivity contribution >= 4 is 34.8 Å². The van der Waals surface area contributed by atoms with Crippen LogP contribution in [0.25, 0.3) is 17.2 Å². The molecule has 0 saturated carbocycles. The van der Waals surface area contributed by atoms with Crippen molar-refractivity contribution in [1.29, 1.82) is 0 Å². The third-order valence-corrected chi connectivity index (χ3v) is 6.56. The van der Waals surface area contributed by atoms with Crippen molar-refractivity contribution in [3.05, 3.63) is 88.2 Å². The molecule has 0 aliphatic heterocycles. The Morgan fingerprint density at radius 1 is 0.949 bits per heavy atom. The van der Waals surface area contributed by atoms with Crippen LogP contribution in [0.5, 0.6) is 17.2 Å². The van der Waals surface area contributed by atoms with Gasteiger partial charge in [-0.05, 0) is 102 Å². The summed E-state index contributed by atoms with van der Waals surface area (Å²) in [6.07, 6.45) is 2.95. The average Bonchev–Trinajstić information content (AvgIpc) is 3.14. The van der Waals surface area contributed by atoms with Gasteiger partial charge in [0.05, 0.1) is 20.6 Å². The van der Waals surface area contributed by atoms with E-state index in [1.165, 1.54) is 26.4 Å². The van der Waals surface area contributed by atoms with Crippen molar-refractivity contribution in [3.8, 4) is 17.2 Å². The van der Waals surface area contributed by atoms with E-state index in [0.717, 1.165) is 33.4 Å². The van der Waals surface area contributed by atoms with Gasteiger partial charge in [-0.15, -0.1) is 0 Å². The van der Waals surface area contributed by atoms with E-state index in [2.05, 4.69) is 5.32 Å². The summed E-state index contributed by atoms with van der Waals surface area (Å²) in [6, 6.07) is 15.7. The number of methoxy groups -OCH3 is 2. The van der Waals surface area contributed by atoms with Crippen LogP contribution in [0.1, 0.15) is 55.4 Å². The normalized spacial score (nSPS) is 13.3. The zero-order chi connectivity index (χ0) is 28.1. The maximum Gasteiger partial charge on any atom is 0.311 e. The second-order valence-electron chi connectivity index (χ2n) is 9.42. The second-order valence-corrected chi connectivity index (χ2v) is 9.42.